The molecule has 0 saturated heterocycles. The van der Waals surface area contributed by atoms with Gasteiger partial charge in [0.25, 0.3) is 0 Å². The van der Waals surface area contributed by atoms with Crippen molar-refractivity contribution in [3.05, 3.63) is 85.2 Å². The molecule has 2 atom stereocenters. The number of nitrogens with one attached hydrogen (secondary N) is 1. The van der Waals surface area contributed by atoms with Crippen molar-refractivity contribution in [2.24, 2.45) is 11.8 Å². The summed E-state index contributed by atoms with van der Waals surface area (Å²) >= 11 is 0. The molecule has 0 spiro atoms. The highest BCUT2D eigenvalue weighted by atomic mass is 16.4. The smallest absolute Gasteiger partial charge is 0.306 e. The van der Waals surface area contributed by atoms with Crippen LogP contribution in [0.25, 0.3) is 39.2 Å². The van der Waals surface area contributed by atoms with Gasteiger partial charge in [-0.3, -0.25) is 14.2 Å². The lowest BCUT2D eigenvalue weighted by molar-refractivity contribution is -0.143. The Morgan fingerprint density at radius 1 is 0.925 bits per heavy atom. The number of hydrogen-bond acceptors (Lipinski definition) is 6. The van der Waals surface area contributed by atoms with Gasteiger partial charge in [-0.15, -0.1) is 0 Å². The Kier molecular flexibility index (Phi) is 6.69. The van der Waals surface area contributed by atoms with Crippen molar-refractivity contribution in [3.63, 3.8) is 0 Å². The van der Waals surface area contributed by atoms with Crippen molar-refractivity contribution in [1.82, 2.24) is 19.5 Å². The van der Waals surface area contributed by atoms with Gasteiger partial charge in [0, 0.05) is 12.1 Å². The first kappa shape index (κ1) is 25.2. The van der Waals surface area contributed by atoms with Crippen molar-refractivity contribution in [2.75, 3.05) is 11.1 Å². The monoisotopic (exact) mass is 532 g/mol. The summed E-state index contributed by atoms with van der Waals surface area (Å²) in [7, 11) is 0. The highest BCUT2D eigenvalue weighted by molar-refractivity contribution is 5.92. The van der Waals surface area contributed by atoms with Crippen LogP contribution in [0.1, 0.15) is 25.7 Å². The number of benzene rings is 2. The number of pyridine rings is 2. The molecular weight excluding hydrogens is 504 g/mol. The fourth-order valence-electron chi connectivity index (χ4n) is 5.41. The van der Waals surface area contributed by atoms with Gasteiger partial charge in [-0.05, 0) is 66.8 Å². The molecule has 0 radical (unpaired) electrons. The summed E-state index contributed by atoms with van der Waals surface area (Å²) in [6.45, 7) is 0. The molecule has 0 aliphatic heterocycles. The average Bonchev–Trinajstić information content (AvgIpc) is 3.37. The van der Waals surface area contributed by atoms with Gasteiger partial charge in [-0.1, -0.05) is 42.8 Å². The van der Waals surface area contributed by atoms with Crippen LogP contribution < -0.4 is 11.1 Å². The van der Waals surface area contributed by atoms with Crippen molar-refractivity contribution >= 4 is 34.5 Å². The van der Waals surface area contributed by atoms with Crippen LogP contribution in [0.3, 0.4) is 0 Å². The fraction of sp³-hybridized carbons (Fsp3) is 0.194. The lowest BCUT2D eigenvalue weighted by atomic mass is 9.81. The molecule has 40 heavy (non-hydrogen) atoms. The van der Waals surface area contributed by atoms with E-state index in [1.807, 2.05) is 53.1 Å². The van der Waals surface area contributed by atoms with Crippen LogP contribution in [0.4, 0.5) is 11.6 Å². The lowest BCUT2D eigenvalue weighted by Crippen LogP contribution is -2.31. The average molecular weight is 533 g/mol. The van der Waals surface area contributed by atoms with E-state index in [0.717, 1.165) is 34.3 Å². The number of nitrogens with zero attached hydrogens (tertiary/aromatic N) is 4. The number of aliphatic carboxylic acids is 1. The topological polar surface area (TPSA) is 136 Å². The van der Waals surface area contributed by atoms with Crippen LogP contribution in [0, 0.1) is 11.8 Å². The van der Waals surface area contributed by atoms with Crippen molar-refractivity contribution < 1.29 is 14.7 Å². The summed E-state index contributed by atoms with van der Waals surface area (Å²) in [5.41, 5.74) is 11.5. The Morgan fingerprint density at radius 2 is 1.75 bits per heavy atom. The molecule has 0 bridgehead atoms. The van der Waals surface area contributed by atoms with Gasteiger partial charge in [0.1, 0.15) is 17.5 Å². The van der Waals surface area contributed by atoms with Crippen LogP contribution in [0.15, 0.2) is 85.2 Å². The zero-order valence-electron chi connectivity index (χ0n) is 21.7. The predicted molar refractivity (Wildman–Crippen MR) is 154 cm³/mol. The number of carbonyl (C=O) groups excluding carboxylic acids is 1. The molecule has 5 aromatic rings. The second-order valence-corrected chi connectivity index (χ2v) is 10.1. The highest BCUT2D eigenvalue weighted by Gasteiger charge is 2.31. The molecule has 4 N–H and O–H groups in total. The number of carboxylic acid groups (broad SMARTS) is 1. The molecule has 6 rings (SSSR count). The van der Waals surface area contributed by atoms with Gasteiger partial charge in [0.05, 0.1) is 34.4 Å². The summed E-state index contributed by atoms with van der Waals surface area (Å²) < 4.78 is 1.99. The van der Waals surface area contributed by atoms with Gasteiger partial charge < -0.3 is 16.2 Å². The maximum absolute atomic E-state index is 12.9. The van der Waals surface area contributed by atoms with Crippen LogP contribution in [0.2, 0.25) is 0 Å². The molecular formula is C31H28N6O3. The van der Waals surface area contributed by atoms with Gasteiger partial charge in [0.15, 0.2) is 0 Å². The Balaban J connectivity index is 1.36. The number of hydrogen-bond donors (Lipinski definition) is 3. The maximum Gasteiger partial charge on any atom is 0.306 e. The first-order chi connectivity index (χ1) is 19.5. The molecule has 1 amide bonds. The minimum atomic E-state index is -0.840. The number of nitrogens with two attached hydrogens (primary N) is 1. The zero-order chi connectivity index (χ0) is 27.6. The maximum atomic E-state index is 12.9. The number of carboxylic acids is 1. The van der Waals surface area contributed by atoms with E-state index in [1.165, 1.54) is 0 Å². The van der Waals surface area contributed by atoms with Gasteiger partial charge in [0.2, 0.25) is 5.91 Å². The number of aromatic nitrogens is 4. The Hall–Kier alpha value is -5.05. The quantitative estimate of drug-likeness (QED) is 0.260. The predicted octanol–water partition coefficient (Wildman–Crippen LogP) is 5.56. The zero-order valence-corrected chi connectivity index (χ0v) is 21.7. The van der Waals surface area contributed by atoms with Gasteiger partial charge in [-0.25, -0.2) is 15.0 Å². The molecule has 9 nitrogen and oxygen atoms in total. The second-order valence-electron chi connectivity index (χ2n) is 10.1. The number of imidazole rings is 1. The summed E-state index contributed by atoms with van der Waals surface area (Å²) in [4.78, 5) is 38.0. The minimum absolute atomic E-state index is 0.199. The fourth-order valence-corrected chi connectivity index (χ4v) is 5.41. The third kappa shape index (κ3) is 4.89. The molecule has 3 heterocycles. The molecule has 1 aliphatic rings. The Labute approximate surface area is 230 Å². The molecule has 9 heteroatoms. The van der Waals surface area contributed by atoms with Gasteiger partial charge >= 0.3 is 5.97 Å². The van der Waals surface area contributed by atoms with E-state index in [2.05, 4.69) is 33.5 Å². The largest absolute Gasteiger partial charge is 0.481 e. The van der Waals surface area contributed by atoms with Crippen molar-refractivity contribution in [3.8, 4) is 28.2 Å². The summed E-state index contributed by atoms with van der Waals surface area (Å²) in [6.07, 6.45) is 5.68. The number of rotatable bonds is 6. The van der Waals surface area contributed by atoms with Gasteiger partial charge in [-0.2, -0.15) is 0 Å². The van der Waals surface area contributed by atoms with Crippen LogP contribution in [-0.2, 0) is 9.59 Å². The summed E-state index contributed by atoms with van der Waals surface area (Å²) in [5, 5.41) is 12.2. The van der Waals surface area contributed by atoms with E-state index >= 15 is 0 Å². The van der Waals surface area contributed by atoms with E-state index in [1.54, 1.807) is 18.5 Å². The van der Waals surface area contributed by atoms with E-state index < -0.39 is 11.9 Å². The van der Waals surface area contributed by atoms with E-state index in [4.69, 9.17) is 10.7 Å². The van der Waals surface area contributed by atoms with Crippen LogP contribution in [0.5, 0.6) is 0 Å². The SMILES string of the molecule is Nc1ncccc1-c1nc2ccc(-c3ccccc3)cc2n1-c1ccc(NC(=O)C2CCCC(C(=O)O)C2)nc1. The standard InChI is InChI=1S/C31H28N6O3/c32-28-24(10-5-15-33-28)29-35-25-13-11-20(19-6-2-1-3-7-19)17-26(25)37(29)23-12-14-27(34-18-23)36-30(38)21-8-4-9-22(16-21)31(39)40/h1-3,5-7,10-15,17-18,21-22H,4,8-9,16H2,(H2,32,33)(H,39,40)(H,34,36,38). The molecule has 1 saturated carbocycles. The molecule has 200 valence electrons. The van der Waals surface area contributed by atoms with Crippen LogP contribution in [-0.4, -0.2) is 36.5 Å². The molecule has 1 fully saturated rings. The molecule has 2 aromatic carbocycles. The summed E-state index contributed by atoms with van der Waals surface area (Å²) in [6, 6.07) is 23.6. The third-order valence-corrected chi connectivity index (χ3v) is 7.49. The number of carbonyl (C=O) groups is 2. The van der Waals surface area contributed by atoms with E-state index in [9.17, 15) is 14.7 Å². The number of fused-ring (bicyclic) bond motifs is 1. The lowest BCUT2D eigenvalue weighted by Gasteiger charge is -2.25. The molecule has 1 aliphatic carbocycles. The Bertz CT molecular complexity index is 1700. The molecule has 2 unspecified atom stereocenters. The second kappa shape index (κ2) is 10.6. The van der Waals surface area contributed by atoms with E-state index in [-0.39, 0.29) is 11.8 Å². The minimum Gasteiger partial charge on any atom is -0.481 e. The number of amides is 1. The number of nitrogen functional groups attached to an aromatic ring is 1. The van der Waals surface area contributed by atoms with Crippen LogP contribution >= 0.6 is 0 Å². The first-order valence-corrected chi connectivity index (χ1v) is 13.3. The first-order valence-electron chi connectivity index (χ1n) is 13.3. The highest BCUT2D eigenvalue weighted by Crippen LogP contribution is 2.34. The van der Waals surface area contributed by atoms with Crippen molar-refractivity contribution in [1.29, 1.82) is 0 Å². The molecule has 3 aromatic heterocycles. The van der Waals surface area contributed by atoms with E-state index in [0.29, 0.717) is 42.3 Å². The summed E-state index contributed by atoms with van der Waals surface area (Å²) in [5.74, 6) is -0.455. The number of anilines is 2. The van der Waals surface area contributed by atoms with Crippen molar-refractivity contribution in [2.45, 2.75) is 25.7 Å². The normalized spacial score (nSPS) is 17.0. The Morgan fingerprint density at radius 3 is 2.50 bits per heavy atom. The third-order valence-electron chi connectivity index (χ3n) is 7.49.